The van der Waals surface area contributed by atoms with Crippen LogP contribution in [0.3, 0.4) is 0 Å². The van der Waals surface area contributed by atoms with Gasteiger partial charge in [-0.15, -0.1) is 5.10 Å². The number of tetrazole rings is 1. The Morgan fingerprint density at radius 3 is 2.57 bits per heavy atom. The van der Waals surface area contributed by atoms with Crippen LogP contribution in [0, 0.1) is 12.8 Å². The summed E-state index contributed by atoms with van der Waals surface area (Å²) in [6.07, 6.45) is 5.76. The Bertz CT molecular complexity index is 839. The monoisotopic (exact) mass is 383 g/mol. The number of carbonyl (C=O) groups excluding carboxylic acids is 2. The van der Waals surface area contributed by atoms with Crippen molar-refractivity contribution in [3.8, 4) is 0 Å². The molecule has 0 aliphatic heterocycles. The smallest absolute Gasteiger partial charge is 0.357 e. The SMILES string of the molecule is Cc1nnnn1/C(=C\c1ccccc1)C(=O)OCC(=O)NC1CCC(C)CC1. The molecule has 0 spiro atoms. The fourth-order valence-corrected chi connectivity index (χ4v) is 3.25. The van der Waals surface area contributed by atoms with E-state index >= 15 is 0 Å². The van der Waals surface area contributed by atoms with Gasteiger partial charge in [-0.1, -0.05) is 37.3 Å². The number of aromatic nitrogens is 4. The van der Waals surface area contributed by atoms with Crippen LogP contribution in [-0.4, -0.2) is 44.7 Å². The zero-order valence-electron chi connectivity index (χ0n) is 16.2. The predicted octanol–water partition coefficient (Wildman–Crippen LogP) is 2.22. The van der Waals surface area contributed by atoms with Crippen LogP contribution in [0.4, 0.5) is 0 Å². The van der Waals surface area contributed by atoms with Gasteiger partial charge in [-0.3, -0.25) is 4.79 Å². The largest absolute Gasteiger partial charge is 0.451 e. The number of nitrogens with one attached hydrogen (secondary N) is 1. The molecule has 3 rings (SSSR count). The molecule has 1 aliphatic rings. The minimum atomic E-state index is -0.660. The summed E-state index contributed by atoms with van der Waals surface area (Å²) in [7, 11) is 0. The standard InChI is InChI=1S/C20H25N5O3/c1-14-8-10-17(11-9-14)21-19(26)13-28-20(27)18(25-15(2)22-23-24-25)12-16-6-4-3-5-7-16/h3-7,12,14,17H,8-11,13H2,1-2H3,(H,21,26)/b18-12-. The van der Waals surface area contributed by atoms with Crippen molar-refractivity contribution in [1.82, 2.24) is 25.5 Å². The van der Waals surface area contributed by atoms with Crippen LogP contribution < -0.4 is 5.32 Å². The predicted molar refractivity (Wildman–Crippen MR) is 104 cm³/mol. The lowest BCUT2D eigenvalue weighted by atomic mass is 9.87. The summed E-state index contributed by atoms with van der Waals surface area (Å²) < 4.78 is 6.55. The van der Waals surface area contributed by atoms with E-state index in [1.807, 2.05) is 30.3 Å². The van der Waals surface area contributed by atoms with Gasteiger partial charge in [0.1, 0.15) is 0 Å². The molecule has 2 aromatic rings. The Balaban J connectivity index is 1.64. The van der Waals surface area contributed by atoms with Crippen molar-refractivity contribution in [3.63, 3.8) is 0 Å². The minimum Gasteiger partial charge on any atom is -0.451 e. The lowest BCUT2D eigenvalue weighted by molar-refractivity contribution is -0.143. The molecule has 1 amide bonds. The number of amides is 1. The molecule has 1 N–H and O–H groups in total. The van der Waals surface area contributed by atoms with Gasteiger partial charge in [0.15, 0.2) is 18.1 Å². The van der Waals surface area contributed by atoms with Crippen LogP contribution in [0.1, 0.15) is 44.0 Å². The van der Waals surface area contributed by atoms with Gasteiger partial charge >= 0.3 is 5.97 Å². The van der Waals surface area contributed by atoms with Gasteiger partial charge in [-0.2, -0.15) is 4.68 Å². The fraction of sp³-hybridized carbons (Fsp3) is 0.450. The summed E-state index contributed by atoms with van der Waals surface area (Å²) in [5, 5.41) is 14.2. The van der Waals surface area contributed by atoms with E-state index in [2.05, 4.69) is 27.8 Å². The number of hydrogen-bond acceptors (Lipinski definition) is 6. The maximum atomic E-state index is 12.7. The Kier molecular flexibility index (Phi) is 6.52. The first-order chi connectivity index (χ1) is 13.5. The molecule has 8 nitrogen and oxygen atoms in total. The fourth-order valence-electron chi connectivity index (χ4n) is 3.25. The number of hydrogen-bond donors (Lipinski definition) is 1. The third-order valence-electron chi connectivity index (χ3n) is 4.88. The van der Waals surface area contributed by atoms with Crippen molar-refractivity contribution in [2.45, 2.75) is 45.6 Å². The molecule has 28 heavy (non-hydrogen) atoms. The highest BCUT2D eigenvalue weighted by molar-refractivity contribution is 6.15. The number of esters is 1. The molecule has 0 atom stereocenters. The number of rotatable bonds is 6. The van der Waals surface area contributed by atoms with E-state index in [0.717, 1.165) is 31.2 Å². The van der Waals surface area contributed by atoms with Crippen LogP contribution in [-0.2, 0) is 14.3 Å². The van der Waals surface area contributed by atoms with Crippen molar-refractivity contribution in [1.29, 1.82) is 0 Å². The number of ether oxygens (including phenoxy) is 1. The summed E-state index contributed by atoms with van der Waals surface area (Å²) >= 11 is 0. The lowest BCUT2D eigenvalue weighted by Crippen LogP contribution is -2.39. The average Bonchev–Trinajstić information content (AvgIpc) is 3.12. The Hall–Kier alpha value is -3.03. The summed E-state index contributed by atoms with van der Waals surface area (Å²) in [5.41, 5.74) is 0.943. The summed E-state index contributed by atoms with van der Waals surface area (Å²) in [6, 6.07) is 9.46. The maximum Gasteiger partial charge on any atom is 0.357 e. The summed E-state index contributed by atoms with van der Waals surface area (Å²) in [6.45, 7) is 3.57. The van der Waals surface area contributed by atoms with Crippen LogP contribution in [0.5, 0.6) is 0 Å². The number of carbonyl (C=O) groups is 2. The van der Waals surface area contributed by atoms with Gasteiger partial charge in [-0.05, 0) is 60.6 Å². The van der Waals surface area contributed by atoms with Gasteiger partial charge in [0.25, 0.3) is 5.91 Å². The zero-order chi connectivity index (χ0) is 19.9. The maximum absolute atomic E-state index is 12.7. The second-order valence-electron chi connectivity index (χ2n) is 7.18. The summed E-state index contributed by atoms with van der Waals surface area (Å²) in [5.74, 6) is 0.197. The molecule has 0 saturated heterocycles. The molecule has 1 aromatic carbocycles. The minimum absolute atomic E-state index is 0.146. The average molecular weight is 383 g/mol. The van der Waals surface area contributed by atoms with E-state index < -0.39 is 5.97 Å². The quantitative estimate of drug-likeness (QED) is 0.607. The summed E-state index contributed by atoms with van der Waals surface area (Å²) in [4.78, 5) is 24.8. The Morgan fingerprint density at radius 1 is 1.21 bits per heavy atom. The third-order valence-corrected chi connectivity index (χ3v) is 4.88. The van der Waals surface area contributed by atoms with Crippen molar-refractivity contribution in [3.05, 3.63) is 41.7 Å². The molecule has 1 fully saturated rings. The van der Waals surface area contributed by atoms with Crippen LogP contribution in [0.2, 0.25) is 0 Å². The van der Waals surface area contributed by atoms with Crippen molar-refractivity contribution in [2.75, 3.05) is 6.61 Å². The van der Waals surface area contributed by atoms with E-state index in [4.69, 9.17) is 4.74 Å². The normalized spacial score (nSPS) is 19.9. The topological polar surface area (TPSA) is 99.0 Å². The van der Waals surface area contributed by atoms with E-state index in [1.54, 1.807) is 13.0 Å². The van der Waals surface area contributed by atoms with Crippen LogP contribution in [0.15, 0.2) is 30.3 Å². The van der Waals surface area contributed by atoms with Crippen molar-refractivity contribution < 1.29 is 14.3 Å². The number of benzene rings is 1. The highest BCUT2D eigenvalue weighted by Crippen LogP contribution is 2.23. The van der Waals surface area contributed by atoms with Crippen LogP contribution >= 0.6 is 0 Å². The lowest BCUT2D eigenvalue weighted by Gasteiger charge is -2.26. The molecular formula is C20H25N5O3. The van der Waals surface area contributed by atoms with Crippen molar-refractivity contribution >= 4 is 23.6 Å². The highest BCUT2D eigenvalue weighted by Gasteiger charge is 2.22. The van der Waals surface area contributed by atoms with Gasteiger partial charge in [0.2, 0.25) is 0 Å². The van der Waals surface area contributed by atoms with Crippen molar-refractivity contribution in [2.24, 2.45) is 5.92 Å². The van der Waals surface area contributed by atoms with Gasteiger partial charge in [-0.25, -0.2) is 4.79 Å². The molecule has 0 radical (unpaired) electrons. The van der Waals surface area contributed by atoms with E-state index in [0.29, 0.717) is 11.7 Å². The second kappa shape index (κ2) is 9.25. The molecule has 1 saturated carbocycles. The van der Waals surface area contributed by atoms with Gasteiger partial charge < -0.3 is 10.1 Å². The first-order valence-corrected chi connectivity index (χ1v) is 9.51. The first kappa shape index (κ1) is 19.7. The zero-order valence-corrected chi connectivity index (χ0v) is 16.2. The van der Waals surface area contributed by atoms with E-state index in [1.165, 1.54) is 4.68 Å². The van der Waals surface area contributed by atoms with Gasteiger partial charge in [0.05, 0.1) is 0 Å². The molecule has 8 heteroatoms. The Morgan fingerprint density at radius 2 is 1.93 bits per heavy atom. The van der Waals surface area contributed by atoms with Gasteiger partial charge in [0, 0.05) is 6.04 Å². The molecule has 1 aliphatic carbocycles. The Labute approximate surface area is 164 Å². The molecule has 0 bridgehead atoms. The first-order valence-electron chi connectivity index (χ1n) is 9.51. The number of nitrogens with zero attached hydrogens (tertiary/aromatic N) is 4. The third kappa shape index (κ3) is 5.25. The molecule has 148 valence electrons. The molecule has 1 heterocycles. The highest BCUT2D eigenvalue weighted by atomic mass is 16.5. The van der Waals surface area contributed by atoms with E-state index in [-0.39, 0.29) is 24.3 Å². The molecule has 1 aromatic heterocycles. The molecular weight excluding hydrogens is 358 g/mol. The number of aryl methyl sites for hydroxylation is 1. The second-order valence-corrected chi connectivity index (χ2v) is 7.18. The van der Waals surface area contributed by atoms with E-state index in [9.17, 15) is 9.59 Å². The molecule has 0 unspecified atom stereocenters. The van der Waals surface area contributed by atoms with Crippen LogP contribution in [0.25, 0.3) is 11.8 Å².